The molecule has 1 saturated heterocycles. The van der Waals surface area contributed by atoms with Crippen molar-refractivity contribution >= 4 is 5.82 Å². The standard InChI is InChI=1S/C13H17N3/c1-9-4-7-13(14-8-9)16-12-6-5-10(2)15-11(12)3/h4,7-8,12,15H,2-3,5-6H2,1H3,(H,14,16). The molecule has 84 valence electrons. The third-order valence-corrected chi connectivity index (χ3v) is 2.73. The fraction of sp³-hybridized carbons (Fsp3) is 0.308. The number of hydrogen-bond donors (Lipinski definition) is 2. The van der Waals surface area contributed by atoms with E-state index in [0.29, 0.717) is 0 Å². The van der Waals surface area contributed by atoms with E-state index in [0.717, 1.165) is 30.1 Å². The van der Waals surface area contributed by atoms with Gasteiger partial charge in [0.05, 0.1) is 6.04 Å². The molecule has 3 heteroatoms. The maximum Gasteiger partial charge on any atom is 0.126 e. The SMILES string of the molecule is C=C1CCC(Nc2ccc(C)cn2)C(=C)N1. The summed E-state index contributed by atoms with van der Waals surface area (Å²) >= 11 is 0. The van der Waals surface area contributed by atoms with Crippen molar-refractivity contribution in [3.8, 4) is 0 Å². The molecular formula is C13H17N3. The van der Waals surface area contributed by atoms with Gasteiger partial charge in [-0.25, -0.2) is 4.98 Å². The first-order valence-electron chi connectivity index (χ1n) is 5.48. The largest absolute Gasteiger partial charge is 0.362 e. The summed E-state index contributed by atoms with van der Waals surface area (Å²) < 4.78 is 0. The van der Waals surface area contributed by atoms with Gasteiger partial charge in [0.15, 0.2) is 0 Å². The number of nitrogens with one attached hydrogen (secondary N) is 2. The summed E-state index contributed by atoms with van der Waals surface area (Å²) in [6, 6.07) is 4.28. The molecule has 0 aliphatic carbocycles. The first-order valence-corrected chi connectivity index (χ1v) is 5.48. The molecule has 16 heavy (non-hydrogen) atoms. The van der Waals surface area contributed by atoms with Gasteiger partial charge in [0, 0.05) is 17.6 Å². The van der Waals surface area contributed by atoms with E-state index in [2.05, 4.69) is 28.8 Å². The van der Waals surface area contributed by atoms with E-state index in [1.54, 1.807) is 0 Å². The summed E-state index contributed by atoms with van der Waals surface area (Å²) in [5.41, 5.74) is 3.18. The van der Waals surface area contributed by atoms with Crippen molar-refractivity contribution in [2.24, 2.45) is 0 Å². The van der Waals surface area contributed by atoms with E-state index >= 15 is 0 Å². The lowest BCUT2D eigenvalue weighted by molar-refractivity contribution is 0.611. The van der Waals surface area contributed by atoms with Gasteiger partial charge in [-0.2, -0.15) is 0 Å². The van der Waals surface area contributed by atoms with Crippen molar-refractivity contribution in [2.45, 2.75) is 25.8 Å². The van der Waals surface area contributed by atoms with Crippen molar-refractivity contribution in [1.82, 2.24) is 10.3 Å². The predicted molar refractivity (Wildman–Crippen MR) is 67.0 cm³/mol. The molecule has 1 aliphatic heterocycles. The summed E-state index contributed by atoms with van der Waals surface area (Å²) in [4.78, 5) is 4.32. The van der Waals surface area contributed by atoms with E-state index in [9.17, 15) is 0 Å². The summed E-state index contributed by atoms with van der Waals surface area (Å²) in [6.45, 7) is 9.93. The van der Waals surface area contributed by atoms with E-state index in [4.69, 9.17) is 0 Å². The third kappa shape index (κ3) is 2.42. The maximum absolute atomic E-state index is 4.32. The first-order chi connectivity index (χ1) is 7.65. The highest BCUT2D eigenvalue weighted by atomic mass is 15.1. The van der Waals surface area contributed by atoms with Gasteiger partial charge >= 0.3 is 0 Å². The molecule has 1 aliphatic rings. The Morgan fingerprint density at radius 3 is 2.88 bits per heavy atom. The quantitative estimate of drug-likeness (QED) is 0.796. The van der Waals surface area contributed by atoms with Crippen LogP contribution in [0.4, 0.5) is 5.82 Å². The molecule has 0 radical (unpaired) electrons. The number of pyridine rings is 1. The second-order valence-electron chi connectivity index (χ2n) is 4.21. The number of aromatic nitrogens is 1. The molecular weight excluding hydrogens is 198 g/mol. The Kier molecular flexibility index (Phi) is 2.95. The van der Waals surface area contributed by atoms with Gasteiger partial charge in [-0.1, -0.05) is 19.2 Å². The molecule has 0 bridgehead atoms. The molecule has 1 aromatic heterocycles. The van der Waals surface area contributed by atoms with Gasteiger partial charge in [-0.15, -0.1) is 0 Å². The normalized spacial score (nSPS) is 20.4. The van der Waals surface area contributed by atoms with Crippen molar-refractivity contribution in [1.29, 1.82) is 0 Å². The minimum Gasteiger partial charge on any atom is -0.362 e. The highest BCUT2D eigenvalue weighted by Gasteiger charge is 2.18. The van der Waals surface area contributed by atoms with Crippen LogP contribution < -0.4 is 10.6 Å². The van der Waals surface area contributed by atoms with Crippen LogP contribution in [0.2, 0.25) is 0 Å². The average molecular weight is 215 g/mol. The van der Waals surface area contributed by atoms with Gasteiger partial charge in [0.25, 0.3) is 0 Å². The molecule has 1 fully saturated rings. The molecule has 1 atom stereocenters. The lowest BCUT2D eigenvalue weighted by Crippen LogP contribution is -2.34. The number of nitrogens with zero attached hydrogens (tertiary/aromatic N) is 1. The van der Waals surface area contributed by atoms with Crippen LogP contribution in [0.1, 0.15) is 18.4 Å². The van der Waals surface area contributed by atoms with Gasteiger partial charge < -0.3 is 10.6 Å². The molecule has 2 N–H and O–H groups in total. The smallest absolute Gasteiger partial charge is 0.126 e. The Balaban J connectivity index is 2.02. The van der Waals surface area contributed by atoms with Crippen LogP contribution in [-0.4, -0.2) is 11.0 Å². The van der Waals surface area contributed by atoms with Crippen LogP contribution >= 0.6 is 0 Å². The van der Waals surface area contributed by atoms with Crippen molar-refractivity contribution in [3.05, 3.63) is 48.4 Å². The van der Waals surface area contributed by atoms with E-state index < -0.39 is 0 Å². The Morgan fingerprint density at radius 2 is 2.25 bits per heavy atom. The fourth-order valence-corrected chi connectivity index (χ4v) is 1.76. The van der Waals surface area contributed by atoms with Crippen LogP contribution in [0, 0.1) is 6.92 Å². The van der Waals surface area contributed by atoms with Crippen LogP contribution in [0.5, 0.6) is 0 Å². The molecule has 0 saturated carbocycles. The van der Waals surface area contributed by atoms with Gasteiger partial charge in [-0.05, 0) is 31.4 Å². The number of hydrogen-bond acceptors (Lipinski definition) is 3. The fourth-order valence-electron chi connectivity index (χ4n) is 1.76. The average Bonchev–Trinajstić information content (AvgIpc) is 2.25. The summed E-state index contributed by atoms with van der Waals surface area (Å²) in [5.74, 6) is 0.895. The Hall–Kier alpha value is -1.77. The Bertz CT molecular complexity index is 406. The number of anilines is 1. The van der Waals surface area contributed by atoms with Gasteiger partial charge in [0.1, 0.15) is 5.82 Å². The first kappa shape index (κ1) is 10.7. The lowest BCUT2D eigenvalue weighted by atomic mass is 10.0. The van der Waals surface area contributed by atoms with Crippen molar-refractivity contribution in [3.63, 3.8) is 0 Å². The molecule has 2 heterocycles. The molecule has 0 spiro atoms. The van der Waals surface area contributed by atoms with E-state index in [1.807, 2.05) is 25.3 Å². The maximum atomic E-state index is 4.32. The zero-order valence-corrected chi connectivity index (χ0v) is 9.59. The minimum atomic E-state index is 0.237. The van der Waals surface area contributed by atoms with Crippen LogP contribution in [0.3, 0.4) is 0 Å². The summed E-state index contributed by atoms with van der Waals surface area (Å²) in [6.07, 6.45) is 3.85. The second kappa shape index (κ2) is 4.39. The van der Waals surface area contributed by atoms with E-state index in [1.165, 1.54) is 5.56 Å². The van der Waals surface area contributed by atoms with Crippen LogP contribution in [-0.2, 0) is 0 Å². The molecule has 1 unspecified atom stereocenters. The number of piperidine rings is 1. The van der Waals surface area contributed by atoms with Crippen molar-refractivity contribution < 1.29 is 0 Å². The highest BCUT2D eigenvalue weighted by molar-refractivity contribution is 5.39. The predicted octanol–water partition coefficient (Wildman–Crippen LogP) is 2.58. The van der Waals surface area contributed by atoms with Crippen molar-refractivity contribution in [2.75, 3.05) is 5.32 Å². The highest BCUT2D eigenvalue weighted by Crippen LogP contribution is 2.19. The molecule has 0 aromatic carbocycles. The monoisotopic (exact) mass is 215 g/mol. The minimum absolute atomic E-state index is 0.237. The molecule has 2 rings (SSSR count). The molecule has 1 aromatic rings. The number of aryl methyl sites for hydroxylation is 1. The van der Waals surface area contributed by atoms with Gasteiger partial charge in [-0.3, -0.25) is 0 Å². The third-order valence-electron chi connectivity index (χ3n) is 2.73. The zero-order chi connectivity index (χ0) is 11.5. The van der Waals surface area contributed by atoms with Crippen LogP contribution in [0.25, 0.3) is 0 Å². The van der Waals surface area contributed by atoms with Crippen LogP contribution in [0.15, 0.2) is 42.9 Å². The Morgan fingerprint density at radius 1 is 1.44 bits per heavy atom. The topological polar surface area (TPSA) is 37.0 Å². The Labute approximate surface area is 96.3 Å². The van der Waals surface area contributed by atoms with Gasteiger partial charge in [0.2, 0.25) is 0 Å². The lowest BCUT2D eigenvalue weighted by Gasteiger charge is -2.28. The summed E-state index contributed by atoms with van der Waals surface area (Å²) in [7, 11) is 0. The zero-order valence-electron chi connectivity index (χ0n) is 9.59. The summed E-state index contributed by atoms with van der Waals surface area (Å²) in [5, 5.41) is 6.55. The number of rotatable bonds is 2. The molecule has 3 nitrogen and oxygen atoms in total. The van der Waals surface area contributed by atoms with E-state index in [-0.39, 0.29) is 6.04 Å². The molecule has 0 amide bonds. The number of allylic oxidation sites excluding steroid dienone is 1. The second-order valence-corrected chi connectivity index (χ2v) is 4.21.